The van der Waals surface area contributed by atoms with Gasteiger partial charge in [0.15, 0.2) is 0 Å². The highest BCUT2D eigenvalue weighted by Crippen LogP contribution is 2.12. The number of carbonyl (C=O) groups is 4. The highest BCUT2D eigenvalue weighted by atomic mass is 32.1. The second-order valence-electron chi connectivity index (χ2n) is 7.18. The number of hydrogen-bond acceptors (Lipinski definition) is 8. The van der Waals surface area contributed by atoms with Gasteiger partial charge in [-0.15, -0.1) is 0 Å². The van der Waals surface area contributed by atoms with Gasteiger partial charge in [0.2, 0.25) is 17.7 Å². The van der Waals surface area contributed by atoms with Crippen LogP contribution < -0.4 is 21.7 Å². The molecule has 0 fully saturated rings. The lowest BCUT2D eigenvalue weighted by Crippen LogP contribution is -2.55. The molecule has 13 heteroatoms. The van der Waals surface area contributed by atoms with Crippen LogP contribution in [0.15, 0.2) is 36.8 Å². The van der Waals surface area contributed by atoms with E-state index >= 15 is 0 Å². The fourth-order valence-corrected chi connectivity index (χ4v) is 2.96. The molecule has 0 bridgehead atoms. The number of rotatable bonds is 12. The van der Waals surface area contributed by atoms with Crippen LogP contribution in [0.5, 0.6) is 5.75 Å². The molecule has 12 nitrogen and oxygen atoms in total. The average molecular weight is 479 g/mol. The molecule has 1 heterocycles. The summed E-state index contributed by atoms with van der Waals surface area (Å²) in [7, 11) is 0. The van der Waals surface area contributed by atoms with E-state index in [0.29, 0.717) is 11.3 Å². The topological polar surface area (TPSA) is 200 Å². The third kappa shape index (κ3) is 8.46. The minimum Gasteiger partial charge on any atom is -0.508 e. The summed E-state index contributed by atoms with van der Waals surface area (Å²) in [5.74, 6) is -3.13. The summed E-state index contributed by atoms with van der Waals surface area (Å²) >= 11 is 3.91. The Hall–Kier alpha value is -3.58. The minimum atomic E-state index is -1.27. The van der Waals surface area contributed by atoms with Crippen molar-refractivity contribution in [2.75, 3.05) is 12.3 Å². The molecule has 0 aliphatic carbocycles. The van der Waals surface area contributed by atoms with E-state index in [1.165, 1.54) is 24.7 Å². The number of benzene rings is 1. The summed E-state index contributed by atoms with van der Waals surface area (Å²) < 4.78 is 0. The van der Waals surface area contributed by atoms with Gasteiger partial charge in [-0.1, -0.05) is 12.1 Å². The second-order valence-corrected chi connectivity index (χ2v) is 7.54. The first-order valence-electron chi connectivity index (χ1n) is 9.91. The third-order valence-corrected chi connectivity index (χ3v) is 4.97. The highest BCUT2D eigenvalue weighted by Gasteiger charge is 2.27. The van der Waals surface area contributed by atoms with Gasteiger partial charge in [-0.05, 0) is 17.7 Å². The zero-order valence-electron chi connectivity index (χ0n) is 17.5. The van der Waals surface area contributed by atoms with Crippen LogP contribution in [0.1, 0.15) is 11.3 Å². The molecule has 33 heavy (non-hydrogen) atoms. The van der Waals surface area contributed by atoms with Crippen LogP contribution in [-0.4, -0.2) is 74.3 Å². The molecule has 1 aromatic heterocycles. The van der Waals surface area contributed by atoms with Crippen LogP contribution in [0, 0.1) is 0 Å². The molecular weight excluding hydrogens is 452 g/mol. The fourth-order valence-electron chi connectivity index (χ4n) is 2.79. The van der Waals surface area contributed by atoms with E-state index in [0.717, 1.165) is 0 Å². The molecule has 0 aliphatic rings. The van der Waals surface area contributed by atoms with Gasteiger partial charge < -0.3 is 36.9 Å². The molecule has 0 saturated carbocycles. The van der Waals surface area contributed by atoms with Crippen molar-refractivity contribution in [1.29, 1.82) is 0 Å². The SMILES string of the molecule is NC(CS)C(=O)NCC(=O)NC(Cc1ccc(O)cc1)C(=O)NC(Cc1cnc[nH]1)C(=O)O. The van der Waals surface area contributed by atoms with Gasteiger partial charge in [-0.3, -0.25) is 14.4 Å². The largest absolute Gasteiger partial charge is 0.508 e. The van der Waals surface area contributed by atoms with Gasteiger partial charge in [0.05, 0.1) is 18.9 Å². The number of nitrogens with one attached hydrogen (secondary N) is 4. The van der Waals surface area contributed by atoms with E-state index in [1.54, 1.807) is 12.1 Å². The number of nitrogens with two attached hydrogens (primary N) is 1. The molecular formula is C20H26N6O6S. The van der Waals surface area contributed by atoms with Gasteiger partial charge in [-0.2, -0.15) is 12.6 Å². The molecule has 2 rings (SSSR count). The van der Waals surface area contributed by atoms with E-state index in [9.17, 15) is 29.4 Å². The van der Waals surface area contributed by atoms with Crippen LogP contribution in [0.3, 0.4) is 0 Å². The number of hydrogen-bond donors (Lipinski definition) is 8. The van der Waals surface area contributed by atoms with Crippen molar-refractivity contribution in [1.82, 2.24) is 25.9 Å². The molecule has 8 N–H and O–H groups in total. The van der Waals surface area contributed by atoms with E-state index in [2.05, 4.69) is 38.5 Å². The first-order valence-corrected chi connectivity index (χ1v) is 10.5. The average Bonchev–Trinajstić information content (AvgIpc) is 3.30. The molecule has 2 aromatic rings. The normalized spacial score (nSPS) is 13.4. The van der Waals surface area contributed by atoms with Gasteiger partial charge in [0.1, 0.15) is 17.8 Å². The number of aliphatic carboxylic acids is 1. The number of imidazole rings is 1. The fraction of sp³-hybridized carbons (Fsp3) is 0.350. The van der Waals surface area contributed by atoms with Crippen LogP contribution in [0.4, 0.5) is 0 Å². The number of thiol groups is 1. The summed E-state index contributed by atoms with van der Waals surface area (Å²) in [5.41, 5.74) is 6.65. The second kappa shape index (κ2) is 12.5. The smallest absolute Gasteiger partial charge is 0.326 e. The quantitative estimate of drug-likeness (QED) is 0.165. The summed E-state index contributed by atoms with van der Waals surface area (Å²) in [6.07, 6.45) is 2.80. The van der Waals surface area contributed by atoms with E-state index in [-0.39, 0.29) is 24.3 Å². The van der Waals surface area contributed by atoms with Crippen molar-refractivity contribution in [3.63, 3.8) is 0 Å². The number of carbonyl (C=O) groups excluding carboxylic acids is 3. The number of phenolic OH excluding ortho intramolecular Hbond substituents is 1. The summed E-state index contributed by atoms with van der Waals surface area (Å²) in [4.78, 5) is 55.2. The molecule has 3 atom stereocenters. The molecule has 3 amide bonds. The lowest BCUT2D eigenvalue weighted by molar-refractivity contribution is -0.142. The number of carboxylic acid groups (broad SMARTS) is 1. The first-order chi connectivity index (χ1) is 15.7. The maximum Gasteiger partial charge on any atom is 0.326 e. The maximum absolute atomic E-state index is 12.9. The van der Waals surface area contributed by atoms with E-state index in [4.69, 9.17) is 5.73 Å². The highest BCUT2D eigenvalue weighted by molar-refractivity contribution is 7.80. The Morgan fingerprint density at radius 1 is 1.06 bits per heavy atom. The van der Waals surface area contributed by atoms with Crippen molar-refractivity contribution >= 4 is 36.3 Å². The standard InChI is InChI=1S/C20H26N6O6S/c21-14(9-33)18(29)23-8-17(28)25-15(5-11-1-3-13(27)4-2-11)19(30)26-16(20(31)32)6-12-7-22-10-24-12/h1-4,7,10,14-16,27,33H,5-6,8-9,21H2,(H,22,24)(H,23,29)(H,25,28)(H,26,30)(H,31,32). The van der Waals surface area contributed by atoms with Gasteiger partial charge >= 0.3 is 5.97 Å². The number of aromatic amines is 1. The molecule has 3 unspecified atom stereocenters. The number of phenols is 1. The molecule has 0 spiro atoms. The molecule has 0 radical (unpaired) electrons. The van der Waals surface area contributed by atoms with Crippen molar-refractivity contribution in [2.24, 2.45) is 5.73 Å². The Morgan fingerprint density at radius 2 is 1.76 bits per heavy atom. The lowest BCUT2D eigenvalue weighted by atomic mass is 10.0. The number of H-pyrrole nitrogens is 1. The zero-order valence-corrected chi connectivity index (χ0v) is 18.4. The number of amides is 3. The summed E-state index contributed by atoms with van der Waals surface area (Å²) in [6.45, 7) is -0.434. The van der Waals surface area contributed by atoms with E-state index in [1.807, 2.05) is 0 Å². The van der Waals surface area contributed by atoms with Crippen molar-refractivity contribution in [2.45, 2.75) is 31.0 Å². The molecule has 1 aromatic carbocycles. The van der Waals surface area contributed by atoms with Crippen LogP contribution in [0.25, 0.3) is 0 Å². The van der Waals surface area contributed by atoms with Crippen molar-refractivity contribution in [3.8, 4) is 5.75 Å². The Bertz CT molecular complexity index is 952. The molecule has 0 aliphatic heterocycles. The lowest BCUT2D eigenvalue weighted by Gasteiger charge is -2.22. The zero-order chi connectivity index (χ0) is 24.4. The monoisotopic (exact) mass is 478 g/mol. The predicted octanol–water partition coefficient (Wildman–Crippen LogP) is -1.67. The Kier molecular flexibility index (Phi) is 9.69. The summed E-state index contributed by atoms with van der Waals surface area (Å²) in [6, 6.07) is 2.65. The number of nitrogens with zero attached hydrogens (tertiary/aromatic N) is 1. The Labute approximate surface area is 194 Å². The Balaban J connectivity index is 2.10. The van der Waals surface area contributed by atoms with Crippen LogP contribution in [0.2, 0.25) is 0 Å². The molecule has 178 valence electrons. The van der Waals surface area contributed by atoms with Crippen LogP contribution >= 0.6 is 12.6 Å². The van der Waals surface area contributed by atoms with Crippen LogP contribution in [-0.2, 0) is 32.0 Å². The van der Waals surface area contributed by atoms with Crippen molar-refractivity contribution < 1.29 is 29.4 Å². The first kappa shape index (κ1) is 25.7. The number of aromatic hydroxyl groups is 1. The van der Waals surface area contributed by atoms with Gasteiger partial charge in [-0.25, -0.2) is 9.78 Å². The van der Waals surface area contributed by atoms with Crippen molar-refractivity contribution in [3.05, 3.63) is 48.0 Å². The predicted molar refractivity (Wildman–Crippen MR) is 120 cm³/mol. The van der Waals surface area contributed by atoms with Gasteiger partial charge in [0, 0.05) is 30.5 Å². The minimum absolute atomic E-state index is 0.0123. The number of carboxylic acids is 1. The van der Waals surface area contributed by atoms with Gasteiger partial charge in [0.25, 0.3) is 0 Å². The van der Waals surface area contributed by atoms with E-state index < -0.39 is 48.4 Å². The number of aromatic nitrogens is 2. The maximum atomic E-state index is 12.9. The molecule has 0 saturated heterocycles. The third-order valence-electron chi connectivity index (χ3n) is 4.58. The Morgan fingerprint density at radius 3 is 2.33 bits per heavy atom. The summed E-state index contributed by atoms with van der Waals surface area (Å²) in [5, 5.41) is 26.2.